The van der Waals surface area contributed by atoms with Crippen LogP contribution in [0, 0.1) is 0 Å². The lowest BCUT2D eigenvalue weighted by Gasteiger charge is -2.09. The lowest BCUT2D eigenvalue weighted by atomic mass is 10.3. The third kappa shape index (κ3) is 4.89. The average molecular weight is 259 g/mol. The van der Waals surface area contributed by atoms with Gasteiger partial charge < -0.3 is 15.2 Å². The summed E-state index contributed by atoms with van der Waals surface area (Å²) in [6.45, 7) is 4.27. The van der Waals surface area contributed by atoms with Crippen LogP contribution in [-0.4, -0.2) is 24.8 Å². The molecular formula is C12H19ClN2O2. The van der Waals surface area contributed by atoms with E-state index < -0.39 is 0 Å². The van der Waals surface area contributed by atoms with E-state index in [1.807, 2.05) is 0 Å². The van der Waals surface area contributed by atoms with Gasteiger partial charge in [-0.3, -0.25) is 0 Å². The van der Waals surface area contributed by atoms with Crippen LogP contribution in [0.15, 0.2) is 12.3 Å². The molecule has 1 rings (SSSR count). The topological polar surface area (TPSA) is 57.4 Å². The van der Waals surface area contributed by atoms with Crippen molar-refractivity contribution in [3.8, 4) is 5.88 Å². The summed E-state index contributed by atoms with van der Waals surface area (Å²) in [5.74, 6) is 0.425. The quantitative estimate of drug-likeness (QED) is 0.728. The summed E-state index contributed by atoms with van der Waals surface area (Å²) in [6.07, 6.45) is 3.84. The Morgan fingerprint density at radius 3 is 2.88 bits per heavy atom. The van der Waals surface area contributed by atoms with E-state index in [-0.39, 0.29) is 0 Å². The molecule has 2 N–H and O–H groups in total. The maximum atomic E-state index is 6.06. The molecule has 96 valence electrons. The molecule has 0 aromatic carbocycles. The molecule has 0 saturated heterocycles. The average Bonchev–Trinajstić information content (AvgIpc) is 2.35. The van der Waals surface area contributed by atoms with Gasteiger partial charge in [0.1, 0.15) is 11.6 Å². The van der Waals surface area contributed by atoms with Crippen molar-refractivity contribution in [2.24, 2.45) is 5.73 Å². The van der Waals surface area contributed by atoms with Gasteiger partial charge in [0.15, 0.2) is 0 Å². The minimum atomic E-state index is 0.380. The fourth-order valence-electron chi connectivity index (χ4n) is 1.27. The monoisotopic (exact) mass is 258 g/mol. The van der Waals surface area contributed by atoms with Crippen molar-refractivity contribution in [1.82, 2.24) is 4.98 Å². The van der Waals surface area contributed by atoms with Gasteiger partial charge in [-0.15, -0.1) is 0 Å². The number of hydrogen-bond donors (Lipinski definition) is 1. The zero-order chi connectivity index (χ0) is 12.5. The first-order valence-corrected chi connectivity index (χ1v) is 6.21. The van der Waals surface area contributed by atoms with E-state index in [4.69, 9.17) is 26.8 Å². The summed E-state index contributed by atoms with van der Waals surface area (Å²) in [7, 11) is 0. The Morgan fingerprint density at radius 1 is 1.35 bits per heavy atom. The zero-order valence-electron chi connectivity index (χ0n) is 10.1. The number of unbranched alkanes of at least 4 members (excludes halogenated alkanes) is 1. The summed E-state index contributed by atoms with van der Waals surface area (Å²) in [4.78, 5) is 4.06. The second kappa shape index (κ2) is 8.28. The van der Waals surface area contributed by atoms with Crippen LogP contribution in [0.4, 0.5) is 0 Å². The fraction of sp³-hybridized carbons (Fsp3) is 0.583. The van der Waals surface area contributed by atoms with Crippen LogP contribution in [-0.2, 0) is 11.3 Å². The highest BCUT2D eigenvalue weighted by Gasteiger charge is 2.07. The Labute approximate surface area is 107 Å². The molecule has 1 aromatic rings. The van der Waals surface area contributed by atoms with Gasteiger partial charge >= 0.3 is 0 Å². The fourth-order valence-corrected chi connectivity index (χ4v) is 1.51. The largest absolute Gasteiger partial charge is 0.474 e. The number of nitrogens with zero attached hydrogens (tertiary/aromatic N) is 1. The number of pyridine rings is 1. The van der Waals surface area contributed by atoms with E-state index in [2.05, 4.69) is 11.9 Å². The van der Waals surface area contributed by atoms with E-state index >= 15 is 0 Å². The molecule has 5 heteroatoms. The van der Waals surface area contributed by atoms with Crippen LogP contribution >= 0.6 is 11.6 Å². The third-order valence-corrected chi connectivity index (χ3v) is 2.67. The number of rotatable bonds is 8. The molecule has 0 amide bonds. The molecule has 0 unspecified atom stereocenters. The molecule has 17 heavy (non-hydrogen) atoms. The summed E-state index contributed by atoms with van der Waals surface area (Å²) < 4.78 is 10.8. The molecule has 0 aliphatic carbocycles. The molecule has 0 aliphatic rings. The van der Waals surface area contributed by atoms with Crippen LogP contribution in [0.2, 0.25) is 5.02 Å². The van der Waals surface area contributed by atoms with Gasteiger partial charge in [-0.1, -0.05) is 24.9 Å². The van der Waals surface area contributed by atoms with Crippen LogP contribution < -0.4 is 10.5 Å². The Balaban J connectivity index is 2.31. The van der Waals surface area contributed by atoms with E-state index in [0.29, 0.717) is 30.7 Å². The first-order chi connectivity index (χ1) is 8.29. The van der Waals surface area contributed by atoms with Gasteiger partial charge in [0.05, 0.1) is 6.61 Å². The lowest BCUT2D eigenvalue weighted by Crippen LogP contribution is -2.09. The van der Waals surface area contributed by atoms with Crippen molar-refractivity contribution >= 4 is 11.6 Å². The van der Waals surface area contributed by atoms with Gasteiger partial charge in [0.25, 0.3) is 0 Å². The zero-order valence-corrected chi connectivity index (χ0v) is 10.9. The van der Waals surface area contributed by atoms with Gasteiger partial charge in [-0.2, -0.15) is 0 Å². The summed E-state index contributed by atoms with van der Waals surface area (Å²) in [5, 5.41) is 0.489. The highest BCUT2D eigenvalue weighted by Crippen LogP contribution is 2.24. The Bertz CT molecular complexity index is 334. The van der Waals surface area contributed by atoms with E-state index in [0.717, 1.165) is 25.0 Å². The van der Waals surface area contributed by atoms with Crippen molar-refractivity contribution in [3.05, 3.63) is 22.8 Å². The maximum Gasteiger partial charge on any atom is 0.232 e. The van der Waals surface area contributed by atoms with Crippen LogP contribution in [0.3, 0.4) is 0 Å². The van der Waals surface area contributed by atoms with Gasteiger partial charge in [0.2, 0.25) is 5.88 Å². The second-order valence-corrected chi connectivity index (χ2v) is 3.99. The Hall–Kier alpha value is -0.840. The molecule has 4 nitrogen and oxygen atoms in total. The normalized spacial score (nSPS) is 10.5. The molecule has 1 aromatic heterocycles. The molecule has 0 fully saturated rings. The molecule has 0 aliphatic heterocycles. The van der Waals surface area contributed by atoms with Crippen molar-refractivity contribution in [2.45, 2.75) is 26.3 Å². The molecule has 0 radical (unpaired) electrons. The molecule has 0 spiro atoms. The lowest BCUT2D eigenvalue weighted by molar-refractivity contribution is 0.0965. The molecular weight excluding hydrogens is 240 g/mol. The standard InChI is InChI=1S/C12H19ClN2O2/c1-2-3-6-16-7-8-17-12-11(13)10(9-14)4-5-15-12/h4-5H,2-3,6-9,14H2,1H3. The van der Waals surface area contributed by atoms with Crippen LogP contribution in [0.25, 0.3) is 0 Å². The predicted octanol–water partition coefficient (Wildman–Crippen LogP) is 2.39. The summed E-state index contributed by atoms with van der Waals surface area (Å²) in [5.41, 5.74) is 6.37. The first-order valence-electron chi connectivity index (χ1n) is 5.83. The van der Waals surface area contributed by atoms with Crippen molar-refractivity contribution in [1.29, 1.82) is 0 Å². The SMILES string of the molecule is CCCCOCCOc1nccc(CN)c1Cl. The number of ether oxygens (including phenoxy) is 2. The second-order valence-electron chi connectivity index (χ2n) is 3.61. The van der Waals surface area contributed by atoms with Gasteiger partial charge in [-0.25, -0.2) is 4.98 Å². The van der Waals surface area contributed by atoms with Crippen molar-refractivity contribution in [3.63, 3.8) is 0 Å². The number of hydrogen-bond acceptors (Lipinski definition) is 4. The minimum absolute atomic E-state index is 0.380. The van der Waals surface area contributed by atoms with E-state index in [1.54, 1.807) is 12.3 Å². The number of aromatic nitrogens is 1. The minimum Gasteiger partial charge on any atom is -0.474 e. The Kier molecular flexibility index (Phi) is 6.93. The first kappa shape index (κ1) is 14.2. The maximum absolute atomic E-state index is 6.06. The number of halogens is 1. The third-order valence-electron chi connectivity index (χ3n) is 2.27. The summed E-state index contributed by atoms with van der Waals surface area (Å²) in [6, 6.07) is 1.78. The number of nitrogens with two attached hydrogens (primary N) is 1. The molecule has 0 bridgehead atoms. The summed E-state index contributed by atoms with van der Waals surface area (Å²) >= 11 is 6.06. The van der Waals surface area contributed by atoms with Crippen molar-refractivity contribution in [2.75, 3.05) is 19.8 Å². The van der Waals surface area contributed by atoms with Crippen molar-refractivity contribution < 1.29 is 9.47 Å². The molecule has 1 heterocycles. The van der Waals surface area contributed by atoms with Crippen LogP contribution in [0.5, 0.6) is 5.88 Å². The Morgan fingerprint density at radius 2 is 2.18 bits per heavy atom. The van der Waals surface area contributed by atoms with Gasteiger partial charge in [-0.05, 0) is 18.1 Å². The predicted molar refractivity (Wildman–Crippen MR) is 68.4 cm³/mol. The van der Waals surface area contributed by atoms with E-state index in [1.165, 1.54) is 0 Å². The molecule has 0 atom stereocenters. The highest BCUT2D eigenvalue weighted by molar-refractivity contribution is 6.32. The van der Waals surface area contributed by atoms with Gasteiger partial charge in [0, 0.05) is 19.3 Å². The smallest absolute Gasteiger partial charge is 0.232 e. The highest BCUT2D eigenvalue weighted by atomic mass is 35.5. The van der Waals surface area contributed by atoms with E-state index in [9.17, 15) is 0 Å². The molecule has 0 saturated carbocycles. The van der Waals surface area contributed by atoms with Crippen LogP contribution in [0.1, 0.15) is 25.3 Å².